The normalized spacial score (nSPS) is 15.6. The molecule has 0 saturated carbocycles. The van der Waals surface area contributed by atoms with Crippen LogP contribution in [-0.2, 0) is 4.79 Å². The van der Waals surface area contributed by atoms with E-state index in [-0.39, 0.29) is 17.2 Å². The van der Waals surface area contributed by atoms with Gasteiger partial charge in [-0.15, -0.1) is 0 Å². The highest BCUT2D eigenvalue weighted by Crippen LogP contribution is 1.97. The summed E-state index contributed by atoms with van der Waals surface area (Å²) in [6.45, 7) is 5.89. The topological polar surface area (TPSA) is 29.1 Å². The summed E-state index contributed by atoms with van der Waals surface area (Å²) < 4.78 is 0. The van der Waals surface area contributed by atoms with Crippen molar-refractivity contribution in [3.8, 4) is 0 Å². The van der Waals surface area contributed by atoms with Crippen LogP contribution in [0.2, 0.25) is 0 Å². The Kier molecular flexibility index (Phi) is 5.38. The van der Waals surface area contributed by atoms with Crippen LogP contribution in [0.15, 0.2) is 0 Å². The van der Waals surface area contributed by atoms with Crippen molar-refractivity contribution in [2.45, 2.75) is 44.9 Å². The number of amides is 1. The summed E-state index contributed by atoms with van der Waals surface area (Å²) in [5.41, 5.74) is 0. The summed E-state index contributed by atoms with van der Waals surface area (Å²) in [7, 11) is 0. The van der Waals surface area contributed by atoms with Gasteiger partial charge < -0.3 is 5.32 Å². The van der Waals surface area contributed by atoms with E-state index in [1.54, 1.807) is 6.92 Å². The molecule has 0 saturated heterocycles. The van der Waals surface area contributed by atoms with Crippen LogP contribution in [0, 0.1) is 0 Å². The zero-order valence-corrected chi connectivity index (χ0v) is 8.32. The Hall–Kier alpha value is -0.180. The first-order chi connectivity index (χ1) is 5.07. The fourth-order valence-corrected chi connectivity index (χ4v) is 0.943. The third-order valence-corrected chi connectivity index (χ3v) is 1.72. The minimum atomic E-state index is -0.200. The lowest BCUT2D eigenvalue weighted by molar-refractivity contribution is -0.120. The zero-order chi connectivity index (χ0) is 8.85. The molecular weight excluding hydrogens is 158 g/mol. The highest BCUT2D eigenvalue weighted by atomic mass is 32.1. The van der Waals surface area contributed by atoms with Crippen LogP contribution in [0.4, 0.5) is 0 Å². The number of nitrogens with one attached hydrogen (secondary N) is 1. The number of thiol groups is 1. The Morgan fingerprint density at radius 3 is 2.45 bits per heavy atom. The Morgan fingerprint density at radius 1 is 1.55 bits per heavy atom. The van der Waals surface area contributed by atoms with E-state index in [0.29, 0.717) is 0 Å². The molecule has 0 radical (unpaired) electrons. The SMILES string of the molecule is CCCC(C)NC(=O)C(C)S. The van der Waals surface area contributed by atoms with Crippen molar-refractivity contribution in [3.63, 3.8) is 0 Å². The van der Waals surface area contributed by atoms with Crippen LogP contribution in [0.25, 0.3) is 0 Å². The summed E-state index contributed by atoms with van der Waals surface area (Å²) in [5.74, 6) is 0.0225. The monoisotopic (exact) mass is 175 g/mol. The average Bonchev–Trinajstić information content (AvgIpc) is 1.87. The van der Waals surface area contributed by atoms with Crippen molar-refractivity contribution in [1.82, 2.24) is 5.32 Å². The van der Waals surface area contributed by atoms with Crippen molar-refractivity contribution < 1.29 is 4.79 Å². The van der Waals surface area contributed by atoms with E-state index in [0.717, 1.165) is 12.8 Å². The maximum Gasteiger partial charge on any atom is 0.232 e. The molecule has 0 heterocycles. The van der Waals surface area contributed by atoms with Gasteiger partial charge in [0.15, 0.2) is 0 Å². The van der Waals surface area contributed by atoms with Crippen LogP contribution >= 0.6 is 12.6 Å². The predicted octanol–water partition coefficient (Wildman–Crippen LogP) is 1.61. The van der Waals surface area contributed by atoms with E-state index in [2.05, 4.69) is 24.9 Å². The molecule has 66 valence electrons. The molecule has 0 aliphatic carbocycles. The zero-order valence-electron chi connectivity index (χ0n) is 7.42. The first-order valence-electron chi connectivity index (χ1n) is 4.06. The van der Waals surface area contributed by atoms with Gasteiger partial charge in [0.25, 0.3) is 0 Å². The number of hydrogen-bond donors (Lipinski definition) is 2. The molecule has 0 aromatic carbocycles. The fourth-order valence-electron chi connectivity index (χ4n) is 0.869. The molecule has 2 unspecified atom stereocenters. The van der Waals surface area contributed by atoms with E-state index >= 15 is 0 Å². The molecule has 1 N–H and O–H groups in total. The minimum absolute atomic E-state index is 0.0225. The smallest absolute Gasteiger partial charge is 0.232 e. The van der Waals surface area contributed by atoms with Crippen molar-refractivity contribution in [2.75, 3.05) is 0 Å². The lowest BCUT2D eigenvalue weighted by Gasteiger charge is -2.13. The number of hydrogen-bond acceptors (Lipinski definition) is 2. The highest BCUT2D eigenvalue weighted by Gasteiger charge is 2.09. The van der Waals surface area contributed by atoms with Gasteiger partial charge in [-0.3, -0.25) is 4.79 Å². The summed E-state index contributed by atoms with van der Waals surface area (Å²) in [6.07, 6.45) is 2.13. The van der Waals surface area contributed by atoms with Crippen molar-refractivity contribution in [2.24, 2.45) is 0 Å². The van der Waals surface area contributed by atoms with Gasteiger partial charge in [-0.25, -0.2) is 0 Å². The first-order valence-corrected chi connectivity index (χ1v) is 4.58. The molecule has 0 aliphatic heterocycles. The number of carbonyl (C=O) groups is 1. The second kappa shape index (κ2) is 5.47. The van der Waals surface area contributed by atoms with Crippen LogP contribution in [-0.4, -0.2) is 17.2 Å². The highest BCUT2D eigenvalue weighted by molar-refractivity contribution is 7.81. The van der Waals surface area contributed by atoms with E-state index in [9.17, 15) is 4.79 Å². The number of rotatable bonds is 4. The van der Waals surface area contributed by atoms with Crippen molar-refractivity contribution >= 4 is 18.5 Å². The standard InChI is InChI=1S/C8H17NOS/c1-4-5-6(2)9-8(10)7(3)11/h6-7,11H,4-5H2,1-3H3,(H,9,10). The van der Waals surface area contributed by atoms with Gasteiger partial charge in [0.1, 0.15) is 0 Å². The molecule has 0 rings (SSSR count). The van der Waals surface area contributed by atoms with Gasteiger partial charge in [-0.2, -0.15) is 12.6 Å². The Balaban J connectivity index is 3.57. The molecule has 2 atom stereocenters. The van der Waals surface area contributed by atoms with Crippen molar-refractivity contribution in [3.05, 3.63) is 0 Å². The second-order valence-corrected chi connectivity index (χ2v) is 3.65. The largest absolute Gasteiger partial charge is 0.353 e. The molecular formula is C8H17NOS. The quantitative estimate of drug-likeness (QED) is 0.624. The second-order valence-electron chi connectivity index (χ2n) is 2.87. The van der Waals surface area contributed by atoms with E-state index in [1.165, 1.54) is 0 Å². The van der Waals surface area contributed by atoms with Crippen LogP contribution in [0.3, 0.4) is 0 Å². The Bertz CT molecular complexity index is 125. The molecule has 0 spiro atoms. The predicted molar refractivity (Wildman–Crippen MR) is 51.0 cm³/mol. The van der Waals surface area contributed by atoms with E-state index in [4.69, 9.17) is 0 Å². The van der Waals surface area contributed by atoms with Crippen LogP contribution in [0.1, 0.15) is 33.6 Å². The summed E-state index contributed by atoms with van der Waals surface area (Å²) in [4.78, 5) is 11.0. The average molecular weight is 175 g/mol. The third kappa shape index (κ3) is 5.13. The molecule has 11 heavy (non-hydrogen) atoms. The fraction of sp³-hybridized carbons (Fsp3) is 0.875. The first kappa shape index (κ1) is 10.8. The third-order valence-electron chi connectivity index (χ3n) is 1.49. The van der Waals surface area contributed by atoms with Gasteiger partial charge in [0, 0.05) is 6.04 Å². The maximum absolute atomic E-state index is 11.0. The molecule has 0 aromatic rings. The number of carbonyl (C=O) groups excluding carboxylic acids is 1. The van der Waals surface area contributed by atoms with E-state index < -0.39 is 0 Å². The minimum Gasteiger partial charge on any atom is -0.353 e. The summed E-state index contributed by atoms with van der Waals surface area (Å²) >= 11 is 4.02. The summed E-state index contributed by atoms with van der Waals surface area (Å²) in [6, 6.07) is 0.280. The van der Waals surface area contributed by atoms with E-state index in [1.807, 2.05) is 6.92 Å². The van der Waals surface area contributed by atoms with Crippen LogP contribution in [0.5, 0.6) is 0 Å². The molecule has 0 aliphatic rings. The van der Waals surface area contributed by atoms with Gasteiger partial charge in [-0.05, 0) is 20.3 Å². The Labute approximate surface area is 74.2 Å². The maximum atomic E-state index is 11.0. The molecule has 2 nitrogen and oxygen atoms in total. The Morgan fingerprint density at radius 2 is 2.09 bits per heavy atom. The van der Waals surface area contributed by atoms with Crippen molar-refractivity contribution in [1.29, 1.82) is 0 Å². The molecule has 0 bridgehead atoms. The molecule has 3 heteroatoms. The van der Waals surface area contributed by atoms with Crippen LogP contribution < -0.4 is 5.32 Å². The molecule has 0 fully saturated rings. The van der Waals surface area contributed by atoms with Gasteiger partial charge >= 0.3 is 0 Å². The molecule has 1 amide bonds. The van der Waals surface area contributed by atoms with Gasteiger partial charge in [-0.1, -0.05) is 13.3 Å². The van der Waals surface area contributed by atoms with Gasteiger partial charge in [0.2, 0.25) is 5.91 Å². The lowest BCUT2D eigenvalue weighted by Crippen LogP contribution is -2.36. The lowest BCUT2D eigenvalue weighted by atomic mass is 10.2. The van der Waals surface area contributed by atoms with Gasteiger partial charge in [0.05, 0.1) is 5.25 Å². The molecule has 0 aromatic heterocycles. The summed E-state index contributed by atoms with van der Waals surface area (Å²) in [5, 5.41) is 2.67.